The van der Waals surface area contributed by atoms with E-state index >= 15 is 0 Å². The number of anilines is 1. The van der Waals surface area contributed by atoms with E-state index in [0.29, 0.717) is 5.82 Å². The van der Waals surface area contributed by atoms with Crippen molar-refractivity contribution in [2.75, 3.05) is 5.32 Å². The molecule has 2 heterocycles. The molecule has 7 heteroatoms. The van der Waals surface area contributed by atoms with Gasteiger partial charge in [-0.1, -0.05) is 11.6 Å². The predicted octanol–water partition coefficient (Wildman–Crippen LogP) is 3.21. The maximum absolute atomic E-state index is 10.7. The van der Waals surface area contributed by atoms with Crippen molar-refractivity contribution in [2.24, 2.45) is 0 Å². The minimum absolute atomic E-state index is 0.0615. The molecule has 1 atom stereocenters. The van der Waals surface area contributed by atoms with E-state index in [1.807, 2.05) is 19.1 Å². The highest BCUT2D eigenvalue weighted by Crippen LogP contribution is 2.23. The molecule has 0 radical (unpaired) electrons. The molecular formula is C12H11ClN4O2. The lowest BCUT2D eigenvalue weighted by Gasteiger charge is -2.14. The predicted molar refractivity (Wildman–Crippen MR) is 72.2 cm³/mol. The fourth-order valence-electron chi connectivity index (χ4n) is 1.62. The summed E-state index contributed by atoms with van der Waals surface area (Å²) in [5.74, 6) is 0.364. The molecule has 98 valence electrons. The van der Waals surface area contributed by atoms with Crippen molar-refractivity contribution in [3.05, 3.63) is 57.5 Å². The highest BCUT2D eigenvalue weighted by molar-refractivity contribution is 6.29. The fourth-order valence-corrected chi connectivity index (χ4v) is 1.82. The number of rotatable bonds is 4. The smallest absolute Gasteiger partial charge is 0.276 e. The summed E-state index contributed by atoms with van der Waals surface area (Å²) in [7, 11) is 0. The van der Waals surface area contributed by atoms with E-state index in [1.165, 1.54) is 12.1 Å². The molecule has 19 heavy (non-hydrogen) atoms. The van der Waals surface area contributed by atoms with Gasteiger partial charge in [0.2, 0.25) is 0 Å². The van der Waals surface area contributed by atoms with Crippen molar-refractivity contribution in [3.63, 3.8) is 0 Å². The molecule has 0 fully saturated rings. The van der Waals surface area contributed by atoms with Gasteiger partial charge in [-0.3, -0.25) is 15.1 Å². The normalized spacial score (nSPS) is 11.9. The second-order valence-corrected chi connectivity index (χ2v) is 4.32. The van der Waals surface area contributed by atoms with E-state index in [2.05, 4.69) is 15.3 Å². The number of aromatic nitrogens is 2. The first-order valence-electron chi connectivity index (χ1n) is 5.54. The van der Waals surface area contributed by atoms with Crippen LogP contribution in [0.1, 0.15) is 18.5 Å². The van der Waals surface area contributed by atoms with Crippen LogP contribution < -0.4 is 5.32 Å². The summed E-state index contributed by atoms with van der Waals surface area (Å²) in [5, 5.41) is 13.9. The number of nitrogens with zero attached hydrogens (tertiary/aromatic N) is 3. The second kappa shape index (κ2) is 5.62. The SMILES string of the molecule is CC(Nc1cc([N+](=O)[O-])cc(Cl)n1)c1ccncc1. The van der Waals surface area contributed by atoms with Gasteiger partial charge >= 0.3 is 0 Å². The van der Waals surface area contributed by atoms with Crippen LogP contribution in [0.2, 0.25) is 5.15 Å². The molecule has 2 aromatic heterocycles. The van der Waals surface area contributed by atoms with Crippen LogP contribution in [0, 0.1) is 10.1 Å². The third-order valence-corrected chi connectivity index (χ3v) is 2.75. The summed E-state index contributed by atoms with van der Waals surface area (Å²) in [6.45, 7) is 1.92. The maximum Gasteiger partial charge on any atom is 0.276 e. The first-order valence-corrected chi connectivity index (χ1v) is 5.92. The number of hydrogen-bond donors (Lipinski definition) is 1. The molecular weight excluding hydrogens is 268 g/mol. The summed E-state index contributed by atoms with van der Waals surface area (Å²) >= 11 is 5.76. The van der Waals surface area contributed by atoms with E-state index in [0.717, 1.165) is 5.56 Å². The van der Waals surface area contributed by atoms with Gasteiger partial charge in [0, 0.05) is 12.4 Å². The van der Waals surface area contributed by atoms with Gasteiger partial charge < -0.3 is 5.32 Å². The number of nitro groups is 1. The van der Waals surface area contributed by atoms with Gasteiger partial charge in [0.25, 0.3) is 5.69 Å². The highest BCUT2D eigenvalue weighted by atomic mass is 35.5. The second-order valence-electron chi connectivity index (χ2n) is 3.94. The van der Waals surface area contributed by atoms with E-state index in [4.69, 9.17) is 11.6 Å². The van der Waals surface area contributed by atoms with Crippen molar-refractivity contribution in [3.8, 4) is 0 Å². The molecule has 2 aromatic rings. The zero-order chi connectivity index (χ0) is 13.8. The number of hydrogen-bond acceptors (Lipinski definition) is 5. The molecule has 0 aliphatic carbocycles. The largest absolute Gasteiger partial charge is 0.363 e. The van der Waals surface area contributed by atoms with Crippen molar-refractivity contribution in [2.45, 2.75) is 13.0 Å². The molecule has 6 nitrogen and oxygen atoms in total. The molecule has 0 aromatic carbocycles. The average Bonchev–Trinajstić information content (AvgIpc) is 2.39. The van der Waals surface area contributed by atoms with Crippen LogP contribution in [0.5, 0.6) is 0 Å². The van der Waals surface area contributed by atoms with Crippen LogP contribution in [0.25, 0.3) is 0 Å². The van der Waals surface area contributed by atoms with E-state index < -0.39 is 4.92 Å². The molecule has 1 N–H and O–H groups in total. The Labute approximate surface area is 114 Å². The van der Waals surface area contributed by atoms with Crippen molar-refractivity contribution < 1.29 is 4.92 Å². The molecule has 0 bridgehead atoms. The molecule has 0 saturated carbocycles. The third-order valence-electron chi connectivity index (χ3n) is 2.56. The fraction of sp³-hybridized carbons (Fsp3) is 0.167. The number of nitrogens with one attached hydrogen (secondary N) is 1. The summed E-state index contributed by atoms with van der Waals surface area (Å²) in [4.78, 5) is 18.2. The van der Waals surface area contributed by atoms with Crippen LogP contribution >= 0.6 is 11.6 Å². The molecule has 0 aliphatic rings. The lowest BCUT2D eigenvalue weighted by Crippen LogP contribution is -2.08. The zero-order valence-corrected chi connectivity index (χ0v) is 10.8. The lowest BCUT2D eigenvalue weighted by molar-refractivity contribution is -0.384. The first kappa shape index (κ1) is 13.2. The van der Waals surface area contributed by atoms with E-state index in [9.17, 15) is 10.1 Å². The molecule has 0 aliphatic heterocycles. The van der Waals surface area contributed by atoms with Gasteiger partial charge in [0.15, 0.2) is 0 Å². The summed E-state index contributed by atoms with van der Waals surface area (Å²) in [6.07, 6.45) is 3.36. The molecule has 0 amide bonds. The minimum Gasteiger partial charge on any atom is -0.363 e. The van der Waals surface area contributed by atoms with Gasteiger partial charge in [-0.15, -0.1) is 0 Å². The Balaban J connectivity index is 2.21. The molecule has 0 saturated heterocycles. The Morgan fingerprint density at radius 3 is 2.68 bits per heavy atom. The van der Waals surface area contributed by atoms with E-state index in [1.54, 1.807) is 12.4 Å². The van der Waals surface area contributed by atoms with Crippen molar-refractivity contribution >= 4 is 23.1 Å². The quantitative estimate of drug-likeness (QED) is 0.527. The van der Waals surface area contributed by atoms with E-state index in [-0.39, 0.29) is 16.9 Å². The van der Waals surface area contributed by atoms with Crippen LogP contribution in [0.3, 0.4) is 0 Å². The van der Waals surface area contributed by atoms with Gasteiger partial charge in [-0.05, 0) is 24.6 Å². The number of pyridine rings is 2. The average molecular weight is 279 g/mol. The molecule has 0 spiro atoms. The third kappa shape index (κ3) is 3.38. The Hall–Kier alpha value is -2.21. The Kier molecular flexibility index (Phi) is 3.91. The zero-order valence-electron chi connectivity index (χ0n) is 10.1. The van der Waals surface area contributed by atoms with Gasteiger partial charge in [0.05, 0.1) is 23.1 Å². The minimum atomic E-state index is -0.504. The summed E-state index contributed by atoms with van der Waals surface area (Å²) in [5.41, 5.74) is 0.906. The molecule has 1 unspecified atom stereocenters. The Morgan fingerprint density at radius 1 is 1.37 bits per heavy atom. The first-order chi connectivity index (χ1) is 9.06. The van der Waals surface area contributed by atoms with Crippen LogP contribution in [0.4, 0.5) is 11.5 Å². The topological polar surface area (TPSA) is 81.0 Å². The van der Waals surface area contributed by atoms with Crippen molar-refractivity contribution in [1.82, 2.24) is 9.97 Å². The Bertz CT molecular complexity index is 592. The van der Waals surface area contributed by atoms with Gasteiger partial charge in [0.1, 0.15) is 11.0 Å². The van der Waals surface area contributed by atoms with Crippen molar-refractivity contribution in [1.29, 1.82) is 0 Å². The van der Waals surface area contributed by atoms with Crippen LogP contribution in [-0.2, 0) is 0 Å². The van der Waals surface area contributed by atoms with Gasteiger partial charge in [-0.2, -0.15) is 0 Å². The maximum atomic E-state index is 10.7. The summed E-state index contributed by atoms with van der Waals surface area (Å²) < 4.78 is 0. The van der Waals surface area contributed by atoms with Crippen LogP contribution in [-0.4, -0.2) is 14.9 Å². The monoisotopic (exact) mass is 278 g/mol. The lowest BCUT2D eigenvalue weighted by atomic mass is 10.1. The summed E-state index contributed by atoms with van der Waals surface area (Å²) in [6, 6.07) is 6.22. The highest BCUT2D eigenvalue weighted by Gasteiger charge is 2.12. The number of halogens is 1. The molecule has 2 rings (SSSR count). The Morgan fingerprint density at radius 2 is 2.05 bits per heavy atom. The van der Waals surface area contributed by atoms with Crippen LogP contribution in [0.15, 0.2) is 36.7 Å². The standard InChI is InChI=1S/C12H11ClN4O2/c1-8(9-2-4-14-5-3-9)15-12-7-10(17(18)19)6-11(13)16-12/h2-8H,1H3,(H,15,16). The van der Waals surface area contributed by atoms with Gasteiger partial charge in [-0.25, -0.2) is 4.98 Å².